The maximum absolute atomic E-state index is 11.6. The summed E-state index contributed by atoms with van der Waals surface area (Å²) in [7, 11) is 1.45. The summed E-state index contributed by atoms with van der Waals surface area (Å²) < 4.78 is 12.5. The zero-order valence-corrected chi connectivity index (χ0v) is 30.8. The summed E-state index contributed by atoms with van der Waals surface area (Å²) in [6.45, 7) is -0.508. The molecule has 4 aliphatic carbocycles. The largest absolute Gasteiger partial charge is 0.508 e. The molecule has 0 radical (unpaired) electrons. The first-order chi connectivity index (χ1) is 25.8. The lowest BCUT2D eigenvalue weighted by Crippen LogP contribution is -2.44. The van der Waals surface area contributed by atoms with E-state index in [0.29, 0.717) is 60.1 Å². The molecular formula is C44H56N2O7. The van der Waals surface area contributed by atoms with E-state index in [1.54, 1.807) is 0 Å². The monoisotopic (exact) mass is 724 g/mol. The van der Waals surface area contributed by atoms with Crippen LogP contribution in [0.3, 0.4) is 0 Å². The number of rotatable bonds is 9. The Balaban J connectivity index is 1.03. The lowest BCUT2D eigenvalue weighted by atomic mass is 9.67. The Labute approximate surface area is 312 Å². The Morgan fingerprint density at radius 3 is 2.55 bits per heavy atom. The second kappa shape index (κ2) is 15.5. The van der Waals surface area contributed by atoms with Gasteiger partial charge in [0, 0.05) is 65.8 Å². The van der Waals surface area contributed by atoms with E-state index in [0.717, 1.165) is 36.8 Å². The number of aromatic amines is 1. The van der Waals surface area contributed by atoms with Crippen LogP contribution < -0.4 is 10.1 Å². The minimum Gasteiger partial charge on any atom is -0.508 e. The molecule has 9 heteroatoms. The maximum atomic E-state index is 11.6. The van der Waals surface area contributed by atoms with E-state index in [1.807, 2.05) is 30.6 Å². The molecule has 0 bridgehead atoms. The van der Waals surface area contributed by atoms with E-state index < -0.39 is 30.3 Å². The van der Waals surface area contributed by atoms with E-state index >= 15 is 0 Å². The van der Waals surface area contributed by atoms with Gasteiger partial charge in [-0.05, 0) is 91.5 Å². The van der Waals surface area contributed by atoms with Crippen molar-refractivity contribution >= 4 is 0 Å². The Morgan fingerprint density at radius 2 is 1.77 bits per heavy atom. The van der Waals surface area contributed by atoms with Crippen LogP contribution in [-0.4, -0.2) is 61.9 Å². The van der Waals surface area contributed by atoms with Gasteiger partial charge in [0.2, 0.25) is 5.75 Å². The number of aromatic hydroxyl groups is 3. The highest BCUT2D eigenvalue weighted by atomic mass is 16.5. The number of phenols is 3. The number of phenolic OH excluding ortho intramolecular Hbond substituents is 2. The van der Waals surface area contributed by atoms with Crippen molar-refractivity contribution in [3.05, 3.63) is 94.3 Å². The van der Waals surface area contributed by atoms with Gasteiger partial charge in [-0.25, -0.2) is 0 Å². The second-order valence-electron chi connectivity index (χ2n) is 16.4. The Morgan fingerprint density at radius 1 is 0.925 bits per heavy atom. The van der Waals surface area contributed by atoms with E-state index in [4.69, 9.17) is 9.47 Å². The molecule has 3 fully saturated rings. The van der Waals surface area contributed by atoms with E-state index in [1.165, 1.54) is 44.8 Å². The summed E-state index contributed by atoms with van der Waals surface area (Å²) in [6.07, 6.45) is 23.4. The number of aromatic nitrogens is 1. The number of fused-ring (bicyclic) bond motifs is 2. The van der Waals surface area contributed by atoms with Crippen molar-refractivity contribution in [3.8, 4) is 23.0 Å². The zero-order valence-electron chi connectivity index (χ0n) is 30.8. The van der Waals surface area contributed by atoms with Crippen LogP contribution >= 0.6 is 0 Å². The molecule has 8 rings (SSSR count). The summed E-state index contributed by atoms with van der Waals surface area (Å²) in [4.78, 5) is 3.06. The number of ether oxygens (including phenoxy) is 2. The Hall–Kier alpha value is -3.76. The molecule has 0 unspecified atom stereocenters. The summed E-state index contributed by atoms with van der Waals surface area (Å²) in [5.41, 5.74) is 4.46. The van der Waals surface area contributed by atoms with Crippen LogP contribution in [0.5, 0.6) is 23.0 Å². The standard InChI is InChI=1S/C44H56N2O7/c1-52-44-35(18-25-16-17-45-23-25)41(36(24-47)42(50)43(44)51)40-22-38(49)33-13-10-27(21-39(33)53-40)26-11-15-37(48)34(20-26)32-9-5-6-28-19-30(12-14-31(28)32)46-29-7-3-2-4-8-29/h5,9,11-12,14-17,20,23,27-33,38-40,45-51H,2-4,6-8,10,13,18-19,21-22,24H2,1H3/t27-,28+,30+,31+,32-,33+,38-,39-,40-/m0/s1. The van der Waals surface area contributed by atoms with Crippen LogP contribution in [0, 0.1) is 17.8 Å². The van der Waals surface area contributed by atoms with Crippen molar-refractivity contribution in [2.75, 3.05) is 7.11 Å². The molecule has 9 nitrogen and oxygen atoms in total. The highest BCUT2D eigenvalue weighted by molar-refractivity contribution is 5.64. The molecule has 53 heavy (non-hydrogen) atoms. The molecular weight excluding hydrogens is 668 g/mol. The number of aliphatic hydroxyl groups is 2. The van der Waals surface area contributed by atoms with Gasteiger partial charge in [0.25, 0.3) is 0 Å². The van der Waals surface area contributed by atoms with Crippen LogP contribution in [0.4, 0.5) is 0 Å². The molecule has 284 valence electrons. The van der Waals surface area contributed by atoms with E-state index in [9.17, 15) is 25.5 Å². The van der Waals surface area contributed by atoms with Crippen LogP contribution in [0.25, 0.3) is 0 Å². The third-order valence-corrected chi connectivity index (χ3v) is 13.3. The van der Waals surface area contributed by atoms with Crippen molar-refractivity contribution in [2.45, 2.75) is 126 Å². The number of hydrogen-bond acceptors (Lipinski definition) is 8. The van der Waals surface area contributed by atoms with Crippen molar-refractivity contribution in [1.29, 1.82) is 0 Å². The quantitative estimate of drug-likeness (QED) is 0.0886. The van der Waals surface area contributed by atoms with Gasteiger partial charge in [0.1, 0.15) is 5.75 Å². The summed E-state index contributed by atoms with van der Waals surface area (Å²) in [5.74, 6) is 0.755. The topological polar surface area (TPSA) is 147 Å². The van der Waals surface area contributed by atoms with Crippen molar-refractivity contribution in [2.24, 2.45) is 17.8 Å². The zero-order chi connectivity index (χ0) is 36.6. The van der Waals surface area contributed by atoms with Gasteiger partial charge in [-0.3, -0.25) is 0 Å². The molecule has 5 aliphatic rings. The SMILES string of the molecule is COc1c(O)c(O)c(CO)c([C@@H]2C[C@H](O)[C@H]3CC[C@H](c4ccc(O)c([C@H]5C=CC[C@@H]6C[C@H](NC7CCCCC7)C=C[C@H]65)c4)C[C@@H]3O2)c1Cc1cc[nH]c1. The number of hydrogen-bond donors (Lipinski definition) is 7. The minimum absolute atomic E-state index is 0.0398. The third-order valence-electron chi connectivity index (χ3n) is 13.3. The molecule has 9 atom stereocenters. The number of methoxy groups -OCH3 is 1. The van der Waals surface area contributed by atoms with Crippen LogP contribution in [0.1, 0.15) is 122 Å². The molecule has 2 saturated carbocycles. The molecule has 1 aromatic heterocycles. The third kappa shape index (κ3) is 7.13. The minimum atomic E-state index is -0.637. The molecule has 1 saturated heterocycles. The van der Waals surface area contributed by atoms with Gasteiger partial charge in [0.15, 0.2) is 11.5 Å². The highest BCUT2D eigenvalue weighted by Crippen LogP contribution is 2.53. The first kappa shape index (κ1) is 36.2. The smallest absolute Gasteiger partial charge is 0.201 e. The lowest BCUT2D eigenvalue weighted by Gasteiger charge is -2.46. The van der Waals surface area contributed by atoms with Crippen molar-refractivity contribution in [3.63, 3.8) is 0 Å². The van der Waals surface area contributed by atoms with Crippen LogP contribution in [0.15, 0.2) is 61.0 Å². The van der Waals surface area contributed by atoms with Crippen LogP contribution in [0.2, 0.25) is 0 Å². The van der Waals surface area contributed by atoms with Crippen molar-refractivity contribution in [1.82, 2.24) is 10.3 Å². The fourth-order valence-electron chi connectivity index (χ4n) is 10.6. The molecule has 0 spiro atoms. The number of allylic oxidation sites excluding steroid dienone is 3. The van der Waals surface area contributed by atoms with Gasteiger partial charge in [-0.15, -0.1) is 0 Å². The number of nitrogens with one attached hydrogen (secondary N) is 2. The lowest BCUT2D eigenvalue weighted by molar-refractivity contribution is -0.154. The second-order valence-corrected chi connectivity index (χ2v) is 16.4. The van der Waals surface area contributed by atoms with E-state index in [2.05, 4.69) is 40.7 Å². The number of benzene rings is 2. The van der Waals surface area contributed by atoms with Gasteiger partial charge in [-0.2, -0.15) is 0 Å². The molecule has 2 aromatic carbocycles. The average molecular weight is 725 g/mol. The predicted octanol–water partition coefficient (Wildman–Crippen LogP) is 7.52. The maximum Gasteiger partial charge on any atom is 0.201 e. The van der Waals surface area contributed by atoms with Gasteiger partial charge < -0.3 is 45.3 Å². The van der Waals surface area contributed by atoms with Crippen molar-refractivity contribution < 1.29 is 35.0 Å². The van der Waals surface area contributed by atoms with Gasteiger partial charge >= 0.3 is 0 Å². The summed E-state index contributed by atoms with van der Waals surface area (Å²) in [5, 5.41) is 59.2. The molecule has 7 N–H and O–H groups in total. The molecule has 1 aliphatic heterocycles. The Bertz CT molecular complexity index is 1800. The first-order valence-corrected chi connectivity index (χ1v) is 20.0. The fourth-order valence-corrected chi connectivity index (χ4v) is 10.6. The summed E-state index contributed by atoms with van der Waals surface area (Å²) in [6, 6.07) is 9.10. The first-order valence-electron chi connectivity index (χ1n) is 20.0. The number of aliphatic hydroxyl groups excluding tert-OH is 2. The number of H-pyrrole nitrogens is 1. The fraction of sp³-hybridized carbons (Fsp3) is 0.545. The molecule has 2 heterocycles. The van der Waals surface area contributed by atoms with E-state index in [-0.39, 0.29) is 35.2 Å². The van der Waals surface area contributed by atoms with Gasteiger partial charge in [-0.1, -0.05) is 55.7 Å². The predicted molar refractivity (Wildman–Crippen MR) is 203 cm³/mol. The average Bonchev–Trinajstić information content (AvgIpc) is 3.69. The summed E-state index contributed by atoms with van der Waals surface area (Å²) >= 11 is 0. The normalized spacial score (nSPS) is 31.6. The Kier molecular flexibility index (Phi) is 10.6. The van der Waals surface area contributed by atoms with Gasteiger partial charge in [0.05, 0.1) is 32.0 Å². The van der Waals surface area contributed by atoms with Crippen LogP contribution in [-0.2, 0) is 17.8 Å². The highest BCUT2D eigenvalue weighted by Gasteiger charge is 2.44. The molecule has 3 aromatic rings. The molecule has 0 amide bonds.